The van der Waals surface area contributed by atoms with Gasteiger partial charge in [-0.3, -0.25) is 0 Å². The van der Waals surface area contributed by atoms with E-state index in [2.05, 4.69) is 35.4 Å². The van der Waals surface area contributed by atoms with Gasteiger partial charge in [0.05, 0.1) is 17.4 Å². The van der Waals surface area contributed by atoms with Crippen LogP contribution in [0.3, 0.4) is 0 Å². The Balaban J connectivity index is 2.12. The lowest BCUT2D eigenvalue weighted by Gasteiger charge is -2.21. The Labute approximate surface area is 140 Å². The van der Waals surface area contributed by atoms with E-state index in [1.165, 1.54) is 22.5 Å². The second-order valence-corrected chi connectivity index (χ2v) is 8.25. The third kappa shape index (κ3) is 4.73. The molecule has 0 spiro atoms. The molecule has 1 atom stereocenters. The van der Waals surface area contributed by atoms with E-state index >= 15 is 0 Å². The molecular weight excluding hydrogens is 336 g/mol. The van der Waals surface area contributed by atoms with E-state index < -0.39 is 15.7 Å². The fourth-order valence-electron chi connectivity index (χ4n) is 1.77. The second-order valence-electron chi connectivity index (χ2n) is 4.92. The lowest BCUT2D eigenvalue weighted by Crippen LogP contribution is -2.27. The van der Waals surface area contributed by atoms with Gasteiger partial charge in [0, 0.05) is 6.20 Å². The highest BCUT2D eigenvalue weighted by Gasteiger charge is 2.34. The minimum absolute atomic E-state index is 0.00984. The first kappa shape index (κ1) is 17.8. The lowest BCUT2D eigenvalue weighted by atomic mass is 10.3. The van der Waals surface area contributed by atoms with Crippen molar-refractivity contribution in [1.29, 1.82) is 0 Å². The van der Waals surface area contributed by atoms with Gasteiger partial charge in [0.1, 0.15) is 5.82 Å². The summed E-state index contributed by atoms with van der Waals surface area (Å²) >= 11 is 1.38. The molecule has 1 aromatic heterocycles. The third-order valence-corrected chi connectivity index (χ3v) is 5.89. The van der Waals surface area contributed by atoms with Crippen LogP contribution >= 0.6 is 11.8 Å². The van der Waals surface area contributed by atoms with Crippen LogP contribution in [0.5, 0.6) is 0 Å². The Kier molecular flexibility index (Phi) is 5.73. The van der Waals surface area contributed by atoms with E-state index in [1.54, 1.807) is 0 Å². The molecule has 0 aromatic carbocycles. The van der Waals surface area contributed by atoms with Crippen molar-refractivity contribution in [2.24, 2.45) is 0 Å². The number of sulfonamides is 1. The van der Waals surface area contributed by atoms with Gasteiger partial charge in [-0.15, -0.1) is 5.75 Å². The highest BCUT2D eigenvalue weighted by atomic mass is 32.2. The van der Waals surface area contributed by atoms with E-state index in [0.29, 0.717) is 24.2 Å². The summed E-state index contributed by atoms with van der Waals surface area (Å²) in [6.07, 6.45) is 2.87. The number of aromatic nitrogens is 2. The zero-order valence-corrected chi connectivity index (χ0v) is 14.1. The van der Waals surface area contributed by atoms with Crippen LogP contribution in [0.15, 0.2) is 11.0 Å². The molecule has 0 radical (unpaired) electrons. The first-order valence-corrected chi connectivity index (χ1v) is 9.54. The summed E-state index contributed by atoms with van der Waals surface area (Å²) in [7, 11) is -3.26. The predicted molar refractivity (Wildman–Crippen MR) is 91.9 cm³/mol. The molecule has 3 N–H and O–H groups in total. The number of nitrogen functional groups attached to an aromatic ring is 1. The molecule has 0 saturated heterocycles. The molecule has 0 aliphatic heterocycles. The van der Waals surface area contributed by atoms with E-state index in [-0.39, 0.29) is 23.0 Å². The standard InChI is InChI=1S/C14H18N4O3S2/c1-3-22-10(2)18-9-11(13(15)17-14(18)19)5-4-8-16-23(20,21)12-6-7-12/h9-10,12,16H,1-3,6-8H2,(H2,15,17,19)/q-2/t10-/m1/s1. The Hall–Kier alpha value is -1.50. The summed E-state index contributed by atoms with van der Waals surface area (Å²) < 4.78 is 27.1. The highest BCUT2D eigenvalue weighted by Crippen LogP contribution is 2.27. The van der Waals surface area contributed by atoms with Crippen molar-refractivity contribution in [3.05, 3.63) is 36.1 Å². The van der Waals surface area contributed by atoms with Crippen molar-refractivity contribution < 1.29 is 8.42 Å². The minimum atomic E-state index is -3.26. The molecule has 1 heterocycles. The average Bonchev–Trinajstić information content (AvgIpc) is 3.30. The predicted octanol–water partition coefficient (Wildman–Crippen LogP) is 0.159. The number of hydrogen-bond donors (Lipinski definition) is 2. The number of hydrogen-bond acceptors (Lipinski definition) is 6. The molecule has 9 heteroatoms. The van der Waals surface area contributed by atoms with Crippen LogP contribution in [-0.4, -0.2) is 35.5 Å². The molecule has 0 bridgehead atoms. The van der Waals surface area contributed by atoms with Gasteiger partial charge in [0.15, 0.2) is 0 Å². The number of anilines is 1. The van der Waals surface area contributed by atoms with Crippen molar-refractivity contribution in [1.82, 2.24) is 14.3 Å². The summed E-state index contributed by atoms with van der Waals surface area (Å²) in [4.78, 5) is 15.5. The Morgan fingerprint density at radius 2 is 2.26 bits per heavy atom. The average molecular weight is 354 g/mol. The quantitative estimate of drug-likeness (QED) is 0.557. The van der Waals surface area contributed by atoms with Gasteiger partial charge in [0.2, 0.25) is 10.0 Å². The number of thioether (sulfide) groups is 1. The van der Waals surface area contributed by atoms with Crippen molar-refractivity contribution in [3.63, 3.8) is 0 Å². The van der Waals surface area contributed by atoms with Crippen LogP contribution in [0.25, 0.3) is 0 Å². The minimum Gasteiger partial charge on any atom is -0.382 e. The Morgan fingerprint density at radius 3 is 2.87 bits per heavy atom. The summed E-state index contributed by atoms with van der Waals surface area (Å²) in [6, 6.07) is 0. The SMILES string of the molecule is [CH2-]CS[C@H]([CH2-])n1cc(C#CCNS(=O)(=O)C2CC2)c(N)nc1=O. The molecule has 7 nitrogen and oxygen atoms in total. The fourth-order valence-corrected chi connectivity index (χ4v) is 3.62. The van der Waals surface area contributed by atoms with Crippen molar-refractivity contribution in [2.75, 3.05) is 18.0 Å². The third-order valence-electron chi connectivity index (χ3n) is 3.15. The molecule has 23 heavy (non-hydrogen) atoms. The van der Waals surface area contributed by atoms with Gasteiger partial charge >= 0.3 is 5.69 Å². The second kappa shape index (κ2) is 7.38. The number of rotatable bonds is 6. The summed E-state index contributed by atoms with van der Waals surface area (Å²) in [5.41, 5.74) is 5.53. The zero-order valence-electron chi connectivity index (χ0n) is 12.5. The first-order valence-electron chi connectivity index (χ1n) is 6.95. The van der Waals surface area contributed by atoms with Crippen LogP contribution in [0, 0.1) is 25.7 Å². The smallest absolute Gasteiger partial charge is 0.348 e. The summed E-state index contributed by atoms with van der Waals surface area (Å²) in [5.74, 6) is 5.98. The highest BCUT2D eigenvalue weighted by molar-refractivity contribution is 7.99. The number of nitrogens with zero attached hydrogens (tertiary/aromatic N) is 2. The molecule has 1 saturated carbocycles. The normalized spacial score (nSPS) is 15.7. The van der Waals surface area contributed by atoms with Crippen molar-refractivity contribution in [3.8, 4) is 11.8 Å². The molecular formula is C14H18N4O3S2-2. The van der Waals surface area contributed by atoms with Gasteiger partial charge in [0.25, 0.3) is 0 Å². The maximum absolute atomic E-state index is 11.8. The molecule has 126 valence electrons. The topological polar surface area (TPSA) is 107 Å². The van der Waals surface area contributed by atoms with E-state index in [1.807, 2.05) is 0 Å². The molecule has 1 aromatic rings. The fraction of sp³-hybridized carbons (Fsp3) is 0.429. The first-order chi connectivity index (χ1) is 10.8. The van der Waals surface area contributed by atoms with Crippen LogP contribution in [0.4, 0.5) is 5.82 Å². The van der Waals surface area contributed by atoms with E-state index in [9.17, 15) is 13.2 Å². The molecule has 1 aliphatic carbocycles. The Bertz CT molecular complexity index is 788. The van der Waals surface area contributed by atoms with Crippen LogP contribution in [0.2, 0.25) is 0 Å². The monoisotopic (exact) mass is 354 g/mol. The largest absolute Gasteiger partial charge is 0.382 e. The van der Waals surface area contributed by atoms with Crippen LogP contribution < -0.4 is 16.1 Å². The molecule has 2 rings (SSSR count). The van der Waals surface area contributed by atoms with Gasteiger partial charge in [-0.05, 0) is 18.2 Å². The van der Waals surface area contributed by atoms with Crippen LogP contribution in [-0.2, 0) is 10.0 Å². The van der Waals surface area contributed by atoms with Gasteiger partial charge in [-0.25, -0.2) is 29.7 Å². The zero-order chi connectivity index (χ0) is 17.0. The molecule has 1 aliphatic rings. The maximum atomic E-state index is 11.8. The summed E-state index contributed by atoms with van der Waals surface area (Å²) in [5, 5.41) is -0.674. The van der Waals surface area contributed by atoms with Crippen molar-refractivity contribution >= 4 is 27.6 Å². The van der Waals surface area contributed by atoms with Crippen LogP contribution in [0.1, 0.15) is 23.8 Å². The lowest BCUT2D eigenvalue weighted by molar-refractivity contribution is 0.584. The molecule has 0 unspecified atom stereocenters. The van der Waals surface area contributed by atoms with Gasteiger partial charge < -0.3 is 24.1 Å². The van der Waals surface area contributed by atoms with E-state index in [4.69, 9.17) is 5.73 Å². The van der Waals surface area contributed by atoms with Gasteiger partial charge in [-0.1, -0.05) is 11.8 Å². The van der Waals surface area contributed by atoms with E-state index in [0.717, 1.165) is 0 Å². The maximum Gasteiger partial charge on any atom is 0.348 e. The van der Waals surface area contributed by atoms with Crippen molar-refractivity contribution in [2.45, 2.75) is 23.5 Å². The van der Waals surface area contributed by atoms with Gasteiger partial charge in [-0.2, -0.15) is 4.98 Å². The summed E-state index contributed by atoms with van der Waals surface area (Å²) in [6.45, 7) is 7.53. The molecule has 0 amide bonds. The molecule has 1 fully saturated rings. The number of nitrogens with one attached hydrogen (secondary N) is 1. The Morgan fingerprint density at radius 1 is 1.57 bits per heavy atom. The number of nitrogens with two attached hydrogens (primary N) is 1.